The number of likely N-dealkylation sites (tertiary alicyclic amines) is 1. The third-order valence-corrected chi connectivity index (χ3v) is 4.82. The van der Waals surface area contributed by atoms with Crippen molar-refractivity contribution in [2.45, 2.75) is 25.7 Å². The molecular weight excluding hydrogens is 298 g/mol. The Bertz CT molecular complexity index is 644. The zero-order valence-electron chi connectivity index (χ0n) is 14.2. The predicted octanol–water partition coefficient (Wildman–Crippen LogP) is 3.54. The number of aromatic nitrogens is 1. The van der Waals surface area contributed by atoms with E-state index >= 15 is 0 Å². The van der Waals surface area contributed by atoms with Crippen LogP contribution in [0.5, 0.6) is 0 Å². The Hall–Kier alpha value is -2.20. The molecular formula is C20H25N3O. The minimum atomic E-state index is 0.0563. The standard InChI is InChI=1S/C20H25N3O/c1-16-15-23(12-9-19(16)17-6-3-2-4-7-17)13-10-20(24)22-18-8-5-11-21-14-18/h2-8,11,14,16,19H,9-10,12-13,15H2,1H3,(H,22,24). The van der Waals surface area contributed by atoms with Crippen LogP contribution in [0.25, 0.3) is 0 Å². The van der Waals surface area contributed by atoms with E-state index in [9.17, 15) is 4.79 Å². The van der Waals surface area contributed by atoms with Crippen molar-refractivity contribution in [3.8, 4) is 0 Å². The number of hydrogen-bond donors (Lipinski definition) is 1. The molecule has 1 aliphatic heterocycles. The summed E-state index contributed by atoms with van der Waals surface area (Å²) in [5.41, 5.74) is 2.21. The van der Waals surface area contributed by atoms with E-state index in [0.29, 0.717) is 18.3 Å². The van der Waals surface area contributed by atoms with Gasteiger partial charge in [-0.2, -0.15) is 0 Å². The van der Waals surface area contributed by atoms with E-state index in [1.807, 2.05) is 12.1 Å². The zero-order valence-corrected chi connectivity index (χ0v) is 14.2. The Labute approximate surface area is 143 Å². The van der Waals surface area contributed by atoms with Crippen molar-refractivity contribution in [2.75, 3.05) is 25.0 Å². The van der Waals surface area contributed by atoms with Crippen LogP contribution in [-0.2, 0) is 4.79 Å². The molecule has 4 nitrogen and oxygen atoms in total. The minimum Gasteiger partial charge on any atom is -0.325 e. The van der Waals surface area contributed by atoms with Gasteiger partial charge in [0.2, 0.25) is 5.91 Å². The van der Waals surface area contributed by atoms with E-state index in [-0.39, 0.29) is 5.91 Å². The number of nitrogens with one attached hydrogen (secondary N) is 1. The zero-order chi connectivity index (χ0) is 16.8. The summed E-state index contributed by atoms with van der Waals surface area (Å²) < 4.78 is 0. The monoisotopic (exact) mass is 323 g/mol. The number of anilines is 1. The Morgan fingerprint density at radius 2 is 2.08 bits per heavy atom. The highest BCUT2D eigenvalue weighted by atomic mass is 16.1. The van der Waals surface area contributed by atoms with E-state index in [2.05, 4.69) is 52.5 Å². The average Bonchev–Trinajstić information content (AvgIpc) is 2.62. The van der Waals surface area contributed by atoms with E-state index in [4.69, 9.17) is 0 Å². The second-order valence-electron chi connectivity index (χ2n) is 6.62. The van der Waals surface area contributed by atoms with E-state index < -0.39 is 0 Å². The van der Waals surface area contributed by atoms with Crippen LogP contribution < -0.4 is 5.32 Å². The fourth-order valence-corrected chi connectivity index (χ4v) is 3.55. The van der Waals surface area contributed by atoms with Gasteiger partial charge in [-0.15, -0.1) is 0 Å². The van der Waals surface area contributed by atoms with Crippen LogP contribution in [0.4, 0.5) is 5.69 Å². The summed E-state index contributed by atoms with van der Waals surface area (Å²) in [7, 11) is 0. The average molecular weight is 323 g/mol. The first-order valence-corrected chi connectivity index (χ1v) is 8.69. The molecule has 3 rings (SSSR count). The van der Waals surface area contributed by atoms with Gasteiger partial charge in [0.05, 0.1) is 11.9 Å². The van der Waals surface area contributed by atoms with Gasteiger partial charge in [-0.3, -0.25) is 9.78 Å². The van der Waals surface area contributed by atoms with E-state index in [0.717, 1.165) is 31.7 Å². The second-order valence-corrected chi connectivity index (χ2v) is 6.62. The van der Waals surface area contributed by atoms with Crippen molar-refractivity contribution >= 4 is 11.6 Å². The van der Waals surface area contributed by atoms with Crippen LogP contribution in [0.1, 0.15) is 31.2 Å². The fourth-order valence-electron chi connectivity index (χ4n) is 3.55. The van der Waals surface area contributed by atoms with Crippen molar-refractivity contribution in [2.24, 2.45) is 5.92 Å². The molecule has 1 fully saturated rings. The summed E-state index contributed by atoms with van der Waals surface area (Å²) in [6.07, 6.45) is 5.06. The maximum Gasteiger partial charge on any atom is 0.225 e. The van der Waals surface area contributed by atoms with E-state index in [1.54, 1.807) is 12.4 Å². The van der Waals surface area contributed by atoms with Crippen LogP contribution in [-0.4, -0.2) is 35.4 Å². The van der Waals surface area contributed by atoms with Crippen LogP contribution in [0.15, 0.2) is 54.9 Å². The highest BCUT2D eigenvalue weighted by Gasteiger charge is 2.27. The highest BCUT2D eigenvalue weighted by molar-refractivity contribution is 5.90. The van der Waals surface area contributed by atoms with Crippen molar-refractivity contribution in [3.63, 3.8) is 0 Å². The molecule has 2 aromatic rings. The lowest BCUT2D eigenvalue weighted by molar-refractivity contribution is -0.116. The molecule has 24 heavy (non-hydrogen) atoms. The molecule has 2 atom stereocenters. The Morgan fingerprint density at radius 3 is 2.79 bits per heavy atom. The van der Waals surface area contributed by atoms with Gasteiger partial charge >= 0.3 is 0 Å². The first kappa shape index (κ1) is 16.7. The summed E-state index contributed by atoms with van der Waals surface area (Å²) in [6.45, 7) is 5.25. The first-order valence-electron chi connectivity index (χ1n) is 8.69. The van der Waals surface area contributed by atoms with Crippen LogP contribution in [0.3, 0.4) is 0 Å². The third-order valence-electron chi connectivity index (χ3n) is 4.82. The van der Waals surface area contributed by atoms with Gasteiger partial charge in [-0.05, 0) is 42.5 Å². The smallest absolute Gasteiger partial charge is 0.225 e. The molecule has 1 aromatic carbocycles. The molecule has 0 bridgehead atoms. The number of piperidine rings is 1. The number of carbonyl (C=O) groups excluding carboxylic acids is 1. The van der Waals surface area contributed by atoms with Gasteiger partial charge in [0.1, 0.15) is 0 Å². The van der Waals surface area contributed by atoms with Gasteiger partial charge in [-0.1, -0.05) is 37.3 Å². The second kappa shape index (κ2) is 8.06. The molecule has 1 saturated heterocycles. The molecule has 2 heterocycles. The number of carbonyl (C=O) groups is 1. The maximum absolute atomic E-state index is 12.1. The normalized spacial score (nSPS) is 21.4. The van der Waals surface area contributed by atoms with Crippen molar-refractivity contribution in [3.05, 3.63) is 60.4 Å². The molecule has 1 aromatic heterocycles. The molecule has 4 heteroatoms. The molecule has 0 saturated carbocycles. The number of pyridine rings is 1. The van der Waals surface area contributed by atoms with Gasteiger partial charge in [0.15, 0.2) is 0 Å². The van der Waals surface area contributed by atoms with Crippen molar-refractivity contribution in [1.29, 1.82) is 0 Å². The molecule has 1 aliphatic rings. The SMILES string of the molecule is CC1CN(CCC(=O)Nc2cccnc2)CCC1c1ccccc1. The molecule has 0 aliphatic carbocycles. The van der Waals surface area contributed by atoms with Gasteiger partial charge in [0, 0.05) is 25.7 Å². The van der Waals surface area contributed by atoms with Crippen molar-refractivity contribution in [1.82, 2.24) is 9.88 Å². The van der Waals surface area contributed by atoms with Crippen LogP contribution >= 0.6 is 0 Å². The molecule has 126 valence electrons. The number of nitrogens with zero attached hydrogens (tertiary/aromatic N) is 2. The van der Waals surface area contributed by atoms with Crippen LogP contribution in [0, 0.1) is 5.92 Å². The molecule has 0 spiro atoms. The lowest BCUT2D eigenvalue weighted by Crippen LogP contribution is -2.39. The quantitative estimate of drug-likeness (QED) is 0.915. The number of amides is 1. The summed E-state index contributed by atoms with van der Waals surface area (Å²) in [4.78, 5) is 18.5. The Morgan fingerprint density at radius 1 is 1.25 bits per heavy atom. The summed E-state index contributed by atoms with van der Waals surface area (Å²) in [5.74, 6) is 1.30. The van der Waals surface area contributed by atoms with Crippen LogP contribution in [0.2, 0.25) is 0 Å². The van der Waals surface area contributed by atoms with Gasteiger partial charge in [-0.25, -0.2) is 0 Å². The number of hydrogen-bond acceptors (Lipinski definition) is 3. The summed E-state index contributed by atoms with van der Waals surface area (Å²) in [5, 5.41) is 2.90. The lowest BCUT2D eigenvalue weighted by atomic mass is 9.81. The Balaban J connectivity index is 1.45. The first-order chi connectivity index (χ1) is 11.7. The molecule has 0 radical (unpaired) electrons. The largest absolute Gasteiger partial charge is 0.325 e. The maximum atomic E-state index is 12.1. The van der Waals surface area contributed by atoms with Gasteiger partial charge in [0.25, 0.3) is 0 Å². The Kier molecular flexibility index (Phi) is 5.59. The summed E-state index contributed by atoms with van der Waals surface area (Å²) in [6, 6.07) is 14.5. The third kappa shape index (κ3) is 4.42. The summed E-state index contributed by atoms with van der Waals surface area (Å²) >= 11 is 0. The van der Waals surface area contributed by atoms with Gasteiger partial charge < -0.3 is 10.2 Å². The lowest BCUT2D eigenvalue weighted by Gasteiger charge is -2.37. The van der Waals surface area contributed by atoms with Crippen molar-refractivity contribution < 1.29 is 4.79 Å². The highest BCUT2D eigenvalue weighted by Crippen LogP contribution is 2.32. The van der Waals surface area contributed by atoms with E-state index in [1.165, 1.54) is 5.56 Å². The predicted molar refractivity (Wildman–Crippen MR) is 96.9 cm³/mol. The molecule has 1 N–H and O–H groups in total. The topological polar surface area (TPSA) is 45.2 Å². The fraction of sp³-hybridized carbons (Fsp3) is 0.400. The molecule has 1 amide bonds. The number of rotatable bonds is 5. The number of benzene rings is 1. The minimum absolute atomic E-state index is 0.0563. The molecule has 2 unspecified atom stereocenters.